The number of fused-ring (bicyclic) bond motifs is 2. The van der Waals surface area contributed by atoms with Crippen molar-refractivity contribution < 1.29 is 19.0 Å². The minimum atomic E-state index is -0.0464. The van der Waals surface area contributed by atoms with Gasteiger partial charge in [0.25, 0.3) is 0 Å². The Kier molecular flexibility index (Phi) is 6.28. The molecular weight excluding hydrogens is 378 g/mol. The summed E-state index contributed by atoms with van der Waals surface area (Å²) in [6.07, 6.45) is 6.05. The number of Topliss-reactive ketones (excluding diaryl/α,β-unsaturated/α-hetero) is 1. The van der Waals surface area contributed by atoms with Crippen molar-refractivity contribution in [3.05, 3.63) is 52.6 Å². The van der Waals surface area contributed by atoms with E-state index in [1.165, 1.54) is 30.4 Å². The third kappa shape index (κ3) is 4.04. The van der Waals surface area contributed by atoms with Gasteiger partial charge in [0.15, 0.2) is 17.3 Å². The van der Waals surface area contributed by atoms with Gasteiger partial charge in [0.2, 0.25) is 12.5 Å². The van der Waals surface area contributed by atoms with Gasteiger partial charge < -0.3 is 14.2 Å². The zero-order chi connectivity index (χ0) is 21.1. The molecule has 2 aliphatic heterocycles. The Balaban J connectivity index is 1.56. The summed E-state index contributed by atoms with van der Waals surface area (Å²) in [6.45, 7) is 3.31. The first-order chi connectivity index (χ1) is 14.6. The quantitative estimate of drug-likeness (QED) is 0.456. The number of ketones is 1. The fraction of sp³-hybridized carbons (Fsp3) is 0.480. The molecule has 5 heteroatoms. The number of ether oxygens (including phenoxy) is 3. The molecule has 2 aromatic rings. The Bertz CT molecular complexity index is 906. The van der Waals surface area contributed by atoms with Crippen LogP contribution in [-0.2, 0) is 12.8 Å². The van der Waals surface area contributed by atoms with Crippen molar-refractivity contribution in [1.29, 1.82) is 0 Å². The molecule has 0 N–H and O–H groups in total. The molecule has 30 heavy (non-hydrogen) atoms. The Morgan fingerprint density at radius 3 is 2.73 bits per heavy atom. The Morgan fingerprint density at radius 2 is 2.00 bits per heavy atom. The van der Waals surface area contributed by atoms with E-state index in [4.69, 9.17) is 14.2 Å². The number of methoxy groups -OCH3 is 1. The van der Waals surface area contributed by atoms with E-state index in [1.807, 2.05) is 12.1 Å². The molecule has 0 saturated heterocycles. The summed E-state index contributed by atoms with van der Waals surface area (Å²) < 4.78 is 17.0. The van der Waals surface area contributed by atoms with Gasteiger partial charge in [-0.25, -0.2) is 0 Å². The molecule has 2 aliphatic rings. The number of nitrogens with zero attached hydrogens (tertiary/aromatic N) is 1. The molecule has 2 aromatic carbocycles. The molecule has 0 radical (unpaired) electrons. The van der Waals surface area contributed by atoms with Crippen LogP contribution in [0.2, 0.25) is 0 Å². The largest absolute Gasteiger partial charge is 0.492 e. The molecular formula is C25H31NO4. The zero-order valence-corrected chi connectivity index (χ0v) is 18.2. The van der Waals surface area contributed by atoms with Crippen molar-refractivity contribution >= 4 is 5.78 Å². The third-order valence-electron chi connectivity index (χ3n) is 6.27. The molecule has 0 unspecified atom stereocenters. The lowest BCUT2D eigenvalue weighted by Crippen LogP contribution is -2.34. The summed E-state index contributed by atoms with van der Waals surface area (Å²) >= 11 is 0. The average Bonchev–Trinajstić information content (AvgIpc) is 3.23. The van der Waals surface area contributed by atoms with Crippen LogP contribution in [0.5, 0.6) is 17.2 Å². The minimum absolute atomic E-state index is 0.0464. The van der Waals surface area contributed by atoms with Crippen LogP contribution >= 0.6 is 0 Å². The summed E-state index contributed by atoms with van der Waals surface area (Å²) in [7, 11) is 3.73. The van der Waals surface area contributed by atoms with Crippen molar-refractivity contribution in [2.24, 2.45) is 0 Å². The van der Waals surface area contributed by atoms with Crippen molar-refractivity contribution in [3.8, 4) is 17.2 Å². The average molecular weight is 410 g/mol. The fourth-order valence-corrected chi connectivity index (χ4v) is 4.51. The van der Waals surface area contributed by atoms with Gasteiger partial charge in [-0.05, 0) is 43.5 Å². The smallest absolute Gasteiger partial charge is 0.231 e. The van der Waals surface area contributed by atoms with Crippen molar-refractivity contribution in [3.63, 3.8) is 0 Å². The summed E-state index contributed by atoms with van der Waals surface area (Å²) in [4.78, 5) is 15.4. The molecule has 0 aliphatic carbocycles. The highest BCUT2D eigenvalue weighted by atomic mass is 16.7. The number of aryl methyl sites for hydroxylation is 1. The van der Waals surface area contributed by atoms with Gasteiger partial charge in [0, 0.05) is 30.1 Å². The first-order valence-corrected chi connectivity index (χ1v) is 10.9. The molecule has 0 aromatic heterocycles. The molecule has 1 atom stereocenters. The van der Waals surface area contributed by atoms with Crippen molar-refractivity contribution in [2.75, 3.05) is 27.5 Å². The van der Waals surface area contributed by atoms with Crippen LogP contribution in [0.25, 0.3) is 0 Å². The topological polar surface area (TPSA) is 48.0 Å². The summed E-state index contributed by atoms with van der Waals surface area (Å²) in [5.74, 6) is 2.24. The lowest BCUT2D eigenvalue weighted by Gasteiger charge is -2.35. The van der Waals surface area contributed by atoms with E-state index in [-0.39, 0.29) is 18.6 Å². The SMILES string of the molecule is CCCCCc1ccc(C(=O)C[C@H]2c3c(cc4c(c3OC)OCO4)CCN2C)cc1. The number of likely N-dealkylation sites (N-methyl/N-ethyl adjacent to an activating group) is 1. The maximum Gasteiger partial charge on any atom is 0.231 e. The normalized spacial score (nSPS) is 17.6. The third-order valence-corrected chi connectivity index (χ3v) is 6.27. The summed E-state index contributed by atoms with van der Waals surface area (Å²) in [5, 5.41) is 0. The number of rotatable bonds is 8. The van der Waals surface area contributed by atoms with Gasteiger partial charge in [-0.15, -0.1) is 0 Å². The standard InChI is InChI=1S/C25H31NO4/c1-4-5-6-7-17-8-10-18(11-9-17)21(27)15-20-23-19(12-13-26(20)2)14-22-24(25(23)28-3)30-16-29-22/h8-11,14,20H,4-7,12-13,15-16H2,1-3H3/t20-/m0/s1. The molecule has 0 spiro atoms. The van der Waals surface area contributed by atoms with E-state index in [9.17, 15) is 4.79 Å². The fourth-order valence-electron chi connectivity index (χ4n) is 4.51. The number of carbonyl (C=O) groups excluding carboxylic acids is 1. The Morgan fingerprint density at radius 1 is 1.20 bits per heavy atom. The second-order valence-electron chi connectivity index (χ2n) is 8.24. The molecule has 5 nitrogen and oxygen atoms in total. The molecule has 0 amide bonds. The van der Waals surface area contributed by atoms with Gasteiger partial charge in [0.1, 0.15) is 0 Å². The molecule has 160 valence electrons. The predicted octanol–water partition coefficient (Wildman–Crippen LogP) is 4.96. The van der Waals surface area contributed by atoms with Crippen LogP contribution in [0.1, 0.15) is 65.7 Å². The number of unbranched alkanes of at least 4 members (excludes halogenated alkanes) is 2. The monoisotopic (exact) mass is 409 g/mol. The van der Waals surface area contributed by atoms with E-state index < -0.39 is 0 Å². The van der Waals surface area contributed by atoms with E-state index >= 15 is 0 Å². The van der Waals surface area contributed by atoms with Gasteiger partial charge in [-0.1, -0.05) is 44.0 Å². The van der Waals surface area contributed by atoms with Crippen LogP contribution < -0.4 is 14.2 Å². The number of benzene rings is 2. The zero-order valence-electron chi connectivity index (χ0n) is 18.2. The lowest BCUT2D eigenvalue weighted by atomic mass is 9.87. The highest BCUT2D eigenvalue weighted by molar-refractivity contribution is 5.96. The van der Waals surface area contributed by atoms with E-state index in [1.54, 1.807) is 7.11 Å². The maximum absolute atomic E-state index is 13.1. The van der Waals surface area contributed by atoms with Gasteiger partial charge in [0.05, 0.1) is 7.11 Å². The molecule has 0 fully saturated rings. The summed E-state index contributed by atoms with van der Waals surface area (Å²) in [5.41, 5.74) is 4.31. The van der Waals surface area contributed by atoms with Gasteiger partial charge >= 0.3 is 0 Å². The summed E-state index contributed by atoms with van der Waals surface area (Å²) in [6, 6.07) is 10.2. The number of carbonyl (C=O) groups is 1. The van der Waals surface area contributed by atoms with Crippen LogP contribution in [0, 0.1) is 0 Å². The van der Waals surface area contributed by atoms with Crippen LogP contribution in [0.3, 0.4) is 0 Å². The van der Waals surface area contributed by atoms with E-state index in [0.29, 0.717) is 17.9 Å². The lowest BCUT2D eigenvalue weighted by molar-refractivity contribution is 0.0925. The van der Waals surface area contributed by atoms with Gasteiger partial charge in [-0.2, -0.15) is 0 Å². The Labute approximate surface area is 178 Å². The maximum atomic E-state index is 13.1. The minimum Gasteiger partial charge on any atom is -0.492 e. The van der Waals surface area contributed by atoms with E-state index in [0.717, 1.165) is 36.3 Å². The van der Waals surface area contributed by atoms with Gasteiger partial charge in [-0.3, -0.25) is 9.69 Å². The predicted molar refractivity (Wildman–Crippen MR) is 117 cm³/mol. The molecule has 0 saturated carbocycles. The van der Waals surface area contributed by atoms with Crippen LogP contribution in [-0.4, -0.2) is 38.2 Å². The molecule has 2 heterocycles. The van der Waals surface area contributed by atoms with E-state index in [2.05, 4.69) is 37.1 Å². The number of hydrogen-bond acceptors (Lipinski definition) is 5. The molecule has 0 bridgehead atoms. The number of hydrogen-bond donors (Lipinski definition) is 0. The second-order valence-corrected chi connectivity index (χ2v) is 8.24. The Hall–Kier alpha value is -2.53. The second kappa shape index (κ2) is 9.09. The highest BCUT2D eigenvalue weighted by Gasteiger charge is 2.35. The van der Waals surface area contributed by atoms with Crippen molar-refractivity contribution in [2.45, 2.75) is 51.5 Å². The van der Waals surface area contributed by atoms with Crippen LogP contribution in [0.15, 0.2) is 30.3 Å². The first kappa shape index (κ1) is 20.7. The highest BCUT2D eigenvalue weighted by Crippen LogP contribution is 2.50. The first-order valence-electron chi connectivity index (χ1n) is 10.9. The van der Waals surface area contributed by atoms with Crippen LogP contribution in [0.4, 0.5) is 0 Å². The van der Waals surface area contributed by atoms with Crippen molar-refractivity contribution in [1.82, 2.24) is 4.90 Å². The molecule has 4 rings (SSSR count).